The van der Waals surface area contributed by atoms with Crippen LogP contribution in [0.15, 0.2) is 60.9 Å². The predicted octanol–water partition coefficient (Wildman–Crippen LogP) is 5.60. The predicted molar refractivity (Wildman–Crippen MR) is 163 cm³/mol. The number of pyridine rings is 1. The summed E-state index contributed by atoms with van der Waals surface area (Å²) in [5, 5.41) is 10.3. The molecule has 0 atom stereocenters. The molecule has 3 N–H and O–H groups in total. The zero-order valence-electron chi connectivity index (χ0n) is 23.3. The van der Waals surface area contributed by atoms with Crippen LogP contribution < -0.4 is 20.5 Å². The standard InChI is InChI=1S/C32H39Cl2N5O/c1-35-32(40)37-20-23-4-10-38(11-5-23)21-24-14-25(16-28(15-24)29-17-30(33)19-31(34)18-29)22-39-12-6-27(7-13-39)26-2-8-36-9-3-26/h6-7,12-19,23,26,36H,2-5,8-11,20-22H2,1H3,(H-,35,37,40)/p+1. The van der Waals surface area contributed by atoms with Gasteiger partial charge >= 0.3 is 6.03 Å². The third kappa shape index (κ3) is 7.97. The van der Waals surface area contributed by atoms with Gasteiger partial charge in [-0.1, -0.05) is 23.2 Å². The number of urea groups is 1. The van der Waals surface area contributed by atoms with Gasteiger partial charge in [-0.05, 0) is 122 Å². The molecule has 3 aromatic rings. The quantitative estimate of drug-likeness (QED) is 0.304. The monoisotopic (exact) mass is 580 g/mol. The summed E-state index contributed by atoms with van der Waals surface area (Å²) in [4.78, 5) is 14.1. The van der Waals surface area contributed by atoms with Crippen LogP contribution in [0.25, 0.3) is 11.1 Å². The summed E-state index contributed by atoms with van der Waals surface area (Å²) in [5.74, 6) is 1.18. The Labute approximate surface area is 248 Å². The van der Waals surface area contributed by atoms with Crippen molar-refractivity contribution >= 4 is 29.2 Å². The Hall–Kier alpha value is -2.64. The SMILES string of the molecule is CNC(=O)NCC1CCN(Cc2cc(C[n+]3ccc(C4CCNCC4)cc3)cc(-c3cc(Cl)cc(Cl)c3)c2)CC1. The van der Waals surface area contributed by atoms with Gasteiger partial charge in [-0.2, -0.15) is 0 Å². The lowest BCUT2D eigenvalue weighted by Crippen LogP contribution is -2.40. The van der Waals surface area contributed by atoms with Crippen LogP contribution in [0, 0.1) is 5.92 Å². The fraction of sp³-hybridized carbons (Fsp3) is 0.438. The highest BCUT2D eigenvalue weighted by Gasteiger charge is 2.21. The molecule has 0 saturated carbocycles. The summed E-state index contributed by atoms with van der Waals surface area (Å²) in [6.07, 6.45) is 9.02. The fourth-order valence-electron chi connectivity index (χ4n) is 5.98. The van der Waals surface area contributed by atoms with E-state index < -0.39 is 0 Å². The molecule has 2 aliphatic rings. The van der Waals surface area contributed by atoms with Gasteiger partial charge in [-0.3, -0.25) is 4.90 Å². The number of nitrogens with zero attached hydrogens (tertiary/aromatic N) is 2. The Kier molecular flexibility index (Phi) is 9.97. The first-order valence-corrected chi connectivity index (χ1v) is 15.2. The third-order valence-corrected chi connectivity index (χ3v) is 8.67. The lowest BCUT2D eigenvalue weighted by atomic mass is 9.91. The number of hydrogen-bond acceptors (Lipinski definition) is 3. The molecule has 0 spiro atoms. The van der Waals surface area contributed by atoms with E-state index in [2.05, 4.69) is 68.1 Å². The number of carbonyl (C=O) groups is 1. The van der Waals surface area contributed by atoms with Gasteiger partial charge in [0.1, 0.15) is 0 Å². The number of nitrogens with one attached hydrogen (secondary N) is 3. The van der Waals surface area contributed by atoms with Crippen molar-refractivity contribution in [1.82, 2.24) is 20.9 Å². The first-order valence-electron chi connectivity index (χ1n) is 14.4. The van der Waals surface area contributed by atoms with E-state index in [1.54, 1.807) is 13.1 Å². The van der Waals surface area contributed by atoms with Crippen molar-refractivity contribution in [1.29, 1.82) is 0 Å². The van der Waals surface area contributed by atoms with Crippen molar-refractivity contribution in [2.75, 3.05) is 39.8 Å². The molecule has 1 aromatic heterocycles. The van der Waals surface area contributed by atoms with Crippen molar-refractivity contribution < 1.29 is 9.36 Å². The molecular weight excluding hydrogens is 541 g/mol. The molecule has 212 valence electrons. The zero-order valence-corrected chi connectivity index (χ0v) is 24.8. The Balaban J connectivity index is 1.31. The Morgan fingerprint density at radius 3 is 2.25 bits per heavy atom. The number of benzene rings is 2. The van der Waals surface area contributed by atoms with Gasteiger partial charge in [-0.25, -0.2) is 9.36 Å². The van der Waals surface area contributed by atoms with E-state index in [9.17, 15) is 4.79 Å². The Morgan fingerprint density at radius 2 is 1.57 bits per heavy atom. The van der Waals surface area contributed by atoms with Crippen molar-refractivity contribution in [2.24, 2.45) is 5.92 Å². The second-order valence-corrected chi connectivity index (χ2v) is 12.1. The number of likely N-dealkylation sites (tertiary alicyclic amines) is 1. The Morgan fingerprint density at radius 1 is 0.925 bits per heavy atom. The van der Waals surface area contributed by atoms with Crippen LogP contribution in [0.2, 0.25) is 10.0 Å². The van der Waals surface area contributed by atoms with E-state index in [1.807, 2.05) is 12.1 Å². The van der Waals surface area contributed by atoms with Crippen LogP contribution in [0.1, 0.15) is 48.3 Å². The highest BCUT2D eigenvalue weighted by Crippen LogP contribution is 2.30. The van der Waals surface area contributed by atoms with Gasteiger partial charge < -0.3 is 16.0 Å². The van der Waals surface area contributed by atoms with Crippen LogP contribution in [0.4, 0.5) is 4.79 Å². The average molecular weight is 582 g/mol. The van der Waals surface area contributed by atoms with Gasteiger partial charge in [0, 0.05) is 47.9 Å². The average Bonchev–Trinajstić information content (AvgIpc) is 2.97. The molecule has 0 aliphatic carbocycles. The molecule has 5 rings (SSSR count). The van der Waals surface area contributed by atoms with Crippen molar-refractivity contribution in [3.8, 4) is 11.1 Å². The lowest BCUT2D eigenvalue weighted by Gasteiger charge is -2.32. The first-order chi connectivity index (χ1) is 19.4. The topological polar surface area (TPSA) is 60.3 Å². The number of hydrogen-bond donors (Lipinski definition) is 3. The largest absolute Gasteiger partial charge is 0.341 e. The van der Waals surface area contributed by atoms with E-state index in [4.69, 9.17) is 23.2 Å². The van der Waals surface area contributed by atoms with E-state index in [0.29, 0.717) is 21.9 Å². The third-order valence-electron chi connectivity index (χ3n) is 8.23. The van der Waals surface area contributed by atoms with Crippen LogP contribution in [0.3, 0.4) is 0 Å². The molecule has 0 bridgehead atoms. The summed E-state index contributed by atoms with van der Waals surface area (Å²) in [5.41, 5.74) is 6.15. The van der Waals surface area contributed by atoms with E-state index >= 15 is 0 Å². The molecule has 8 heteroatoms. The molecule has 2 amide bonds. The number of rotatable bonds is 8. The fourth-order valence-corrected chi connectivity index (χ4v) is 6.50. The molecule has 2 saturated heterocycles. The van der Waals surface area contributed by atoms with Crippen LogP contribution in [-0.4, -0.2) is 50.7 Å². The van der Waals surface area contributed by atoms with Gasteiger partial charge in [0.15, 0.2) is 18.9 Å². The second-order valence-electron chi connectivity index (χ2n) is 11.2. The molecule has 3 heterocycles. The Bertz CT molecular complexity index is 1260. The van der Waals surface area contributed by atoms with E-state index in [1.165, 1.54) is 29.5 Å². The number of amides is 2. The highest BCUT2D eigenvalue weighted by atomic mass is 35.5. The van der Waals surface area contributed by atoms with Crippen LogP contribution >= 0.6 is 23.2 Å². The summed E-state index contributed by atoms with van der Waals surface area (Å²) >= 11 is 12.8. The number of carbonyl (C=O) groups excluding carboxylic acids is 1. The van der Waals surface area contributed by atoms with Crippen molar-refractivity contribution in [2.45, 2.75) is 44.7 Å². The number of halogens is 2. The van der Waals surface area contributed by atoms with Gasteiger partial charge in [0.25, 0.3) is 0 Å². The molecule has 40 heavy (non-hydrogen) atoms. The molecule has 2 aliphatic heterocycles. The van der Waals surface area contributed by atoms with Gasteiger partial charge in [0.2, 0.25) is 0 Å². The molecule has 2 aromatic carbocycles. The van der Waals surface area contributed by atoms with E-state index in [-0.39, 0.29) is 6.03 Å². The van der Waals surface area contributed by atoms with Crippen molar-refractivity contribution in [3.05, 3.63) is 87.7 Å². The minimum Gasteiger partial charge on any atom is -0.341 e. The second kappa shape index (κ2) is 13.8. The molecule has 0 unspecified atom stereocenters. The van der Waals surface area contributed by atoms with E-state index in [0.717, 1.165) is 69.8 Å². The lowest BCUT2D eigenvalue weighted by molar-refractivity contribution is -0.688. The maximum absolute atomic E-state index is 11.5. The molecule has 0 radical (unpaired) electrons. The first kappa shape index (κ1) is 28.9. The van der Waals surface area contributed by atoms with Crippen LogP contribution in [-0.2, 0) is 13.1 Å². The smallest absolute Gasteiger partial charge is 0.314 e. The summed E-state index contributed by atoms with van der Waals surface area (Å²) in [6.45, 7) is 6.68. The summed E-state index contributed by atoms with van der Waals surface area (Å²) in [7, 11) is 1.65. The highest BCUT2D eigenvalue weighted by molar-refractivity contribution is 6.35. The minimum absolute atomic E-state index is 0.105. The molecular formula is C32H40Cl2N5O+. The molecule has 2 fully saturated rings. The van der Waals surface area contributed by atoms with Crippen LogP contribution in [0.5, 0.6) is 0 Å². The molecule has 6 nitrogen and oxygen atoms in total. The zero-order chi connectivity index (χ0) is 27.9. The van der Waals surface area contributed by atoms with Crippen molar-refractivity contribution in [3.63, 3.8) is 0 Å². The van der Waals surface area contributed by atoms with Gasteiger partial charge in [-0.15, -0.1) is 0 Å². The summed E-state index contributed by atoms with van der Waals surface area (Å²) < 4.78 is 2.27. The number of piperidine rings is 2. The minimum atomic E-state index is -0.105. The maximum atomic E-state index is 11.5. The maximum Gasteiger partial charge on any atom is 0.314 e. The number of aromatic nitrogens is 1. The van der Waals surface area contributed by atoms with Gasteiger partial charge in [0.05, 0.1) is 0 Å². The summed E-state index contributed by atoms with van der Waals surface area (Å²) in [6, 6.07) is 17.1. The normalized spacial score (nSPS) is 17.1.